The highest BCUT2D eigenvalue weighted by Gasteiger charge is 2.19. The summed E-state index contributed by atoms with van der Waals surface area (Å²) in [7, 11) is 0. The Kier molecular flexibility index (Phi) is 4.06. The largest absolute Gasteiger partial charge is 0.346 e. The summed E-state index contributed by atoms with van der Waals surface area (Å²) in [6.45, 7) is 0.406. The van der Waals surface area contributed by atoms with E-state index in [1.165, 1.54) is 11.3 Å². The van der Waals surface area contributed by atoms with E-state index in [0.717, 1.165) is 24.3 Å². The Labute approximate surface area is 102 Å². The van der Waals surface area contributed by atoms with Gasteiger partial charge in [-0.1, -0.05) is 0 Å². The summed E-state index contributed by atoms with van der Waals surface area (Å²) in [6, 6.07) is 3.91. The van der Waals surface area contributed by atoms with Crippen molar-refractivity contribution in [3.63, 3.8) is 0 Å². The summed E-state index contributed by atoms with van der Waals surface area (Å²) in [5.41, 5.74) is 0. The van der Waals surface area contributed by atoms with Gasteiger partial charge in [-0.2, -0.15) is 0 Å². The molecule has 1 amide bonds. The maximum Gasteiger partial charge on any atom is 0.261 e. The van der Waals surface area contributed by atoms with Crippen LogP contribution in [-0.2, 0) is 0 Å². The second-order valence-corrected chi connectivity index (χ2v) is 5.07. The zero-order chi connectivity index (χ0) is 12.3. The SMILES string of the molecule is O=C(NCC(F)F)c1ccc(C2CCCN2)s1. The first-order valence-corrected chi connectivity index (χ1v) is 6.38. The summed E-state index contributed by atoms with van der Waals surface area (Å²) in [6.07, 6.45) is -0.302. The van der Waals surface area contributed by atoms with Crippen LogP contribution in [0.25, 0.3) is 0 Å². The smallest absolute Gasteiger partial charge is 0.261 e. The number of nitrogens with one attached hydrogen (secondary N) is 2. The molecule has 17 heavy (non-hydrogen) atoms. The van der Waals surface area contributed by atoms with Crippen LogP contribution in [0.5, 0.6) is 0 Å². The van der Waals surface area contributed by atoms with Crippen LogP contribution < -0.4 is 10.6 Å². The van der Waals surface area contributed by atoms with Crippen LogP contribution in [0.2, 0.25) is 0 Å². The molecule has 2 rings (SSSR count). The minimum atomic E-state index is -2.50. The van der Waals surface area contributed by atoms with Gasteiger partial charge in [-0.3, -0.25) is 4.79 Å². The summed E-state index contributed by atoms with van der Waals surface area (Å²) in [5, 5.41) is 5.54. The Morgan fingerprint density at radius 2 is 2.41 bits per heavy atom. The first-order chi connectivity index (χ1) is 8.16. The van der Waals surface area contributed by atoms with E-state index in [0.29, 0.717) is 10.9 Å². The lowest BCUT2D eigenvalue weighted by Gasteiger charge is -2.06. The lowest BCUT2D eigenvalue weighted by Crippen LogP contribution is -2.27. The van der Waals surface area contributed by atoms with E-state index in [1.807, 2.05) is 6.07 Å². The van der Waals surface area contributed by atoms with Gasteiger partial charge in [0.15, 0.2) is 0 Å². The van der Waals surface area contributed by atoms with Crippen LogP contribution in [0.1, 0.15) is 33.4 Å². The topological polar surface area (TPSA) is 41.1 Å². The summed E-state index contributed by atoms with van der Waals surface area (Å²) < 4.78 is 23.9. The third-order valence-electron chi connectivity index (χ3n) is 2.67. The number of thiophene rings is 1. The van der Waals surface area contributed by atoms with Gasteiger partial charge in [0.25, 0.3) is 12.3 Å². The molecule has 94 valence electrons. The highest BCUT2D eigenvalue weighted by atomic mass is 32.1. The number of rotatable bonds is 4. The van der Waals surface area contributed by atoms with Crippen LogP contribution >= 0.6 is 11.3 Å². The lowest BCUT2D eigenvalue weighted by atomic mass is 10.2. The van der Waals surface area contributed by atoms with Gasteiger partial charge in [-0.25, -0.2) is 8.78 Å². The zero-order valence-corrected chi connectivity index (χ0v) is 10.0. The molecule has 0 radical (unpaired) electrons. The second kappa shape index (κ2) is 5.55. The molecule has 0 saturated carbocycles. The van der Waals surface area contributed by atoms with E-state index in [2.05, 4.69) is 10.6 Å². The van der Waals surface area contributed by atoms with Crippen LogP contribution in [0, 0.1) is 0 Å². The fourth-order valence-corrected chi connectivity index (χ4v) is 2.88. The lowest BCUT2D eigenvalue weighted by molar-refractivity contribution is 0.0895. The maximum atomic E-state index is 11.9. The summed E-state index contributed by atoms with van der Waals surface area (Å²) >= 11 is 1.37. The Morgan fingerprint density at radius 1 is 1.59 bits per heavy atom. The molecular weight excluding hydrogens is 246 g/mol. The second-order valence-electron chi connectivity index (χ2n) is 3.95. The van der Waals surface area contributed by atoms with Crippen LogP contribution in [0.3, 0.4) is 0 Å². The molecule has 1 aliphatic rings. The number of hydrogen-bond donors (Lipinski definition) is 2. The fraction of sp³-hybridized carbons (Fsp3) is 0.545. The van der Waals surface area contributed by atoms with Crippen LogP contribution in [-0.4, -0.2) is 25.4 Å². The van der Waals surface area contributed by atoms with Crippen LogP contribution in [0.15, 0.2) is 12.1 Å². The molecule has 2 N–H and O–H groups in total. The van der Waals surface area contributed by atoms with Crippen LogP contribution in [0.4, 0.5) is 8.78 Å². The third kappa shape index (κ3) is 3.23. The molecule has 1 fully saturated rings. The summed E-state index contributed by atoms with van der Waals surface area (Å²) in [4.78, 5) is 13.1. The number of carbonyl (C=O) groups is 1. The number of carbonyl (C=O) groups excluding carboxylic acids is 1. The summed E-state index contributed by atoms with van der Waals surface area (Å²) in [5.74, 6) is -0.417. The van der Waals surface area contributed by atoms with Gasteiger partial charge in [0.1, 0.15) is 0 Å². The van der Waals surface area contributed by atoms with E-state index in [1.54, 1.807) is 6.07 Å². The van der Waals surface area contributed by atoms with Gasteiger partial charge < -0.3 is 10.6 Å². The van der Waals surface area contributed by atoms with Gasteiger partial charge in [-0.05, 0) is 31.5 Å². The fourth-order valence-electron chi connectivity index (χ4n) is 1.85. The van der Waals surface area contributed by atoms with Crippen molar-refractivity contribution in [2.75, 3.05) is 13.1 Å². The van der Waals surface area contributed by atoms with Gasteiger partial charge in [0.2, 0.25) is 0 Å². The Bertz CT molecular complexity index is 389. The Hall–Kier alpha value is -1.01. The number of halogens is 2. The Balaban J connectivity index is 1.95. The van der Waals surface area contributed by atoms with E-state index < -0.39 is 18.9 Å². The third-order valence-corrected chi connectivity index (χ3v) is 3.87. The Morgan fingerprint density at radius 3 is 3.06 bits per heavy atom. The number of amides is 1. The first-order valence-electron chi connectivity index (χ1n) is 5.56. The molecule has 0 aromatic carbocycles. The normalized spacial score (nSPS) is 19.8. The number of hydrogen-bond acceptors (Lipinski definition) is 3. The average Bonchev–Trinajstić information content (AvgIpc) is 2.94. The first kappa shape index (κ1) is 12.4. The van der Waals surface area contributed by atoms with E-state index in [4.69, 9.17) is 0 Å². The molecule has 1 aromatic rings. The van der Waals surface area contributed by atoms with Crippen molar-refractivity contribution >= 4 is 17.2 Å². The van der Waals surface area contributed by atoms with Crippen molar-refractivity contribution in [3.8, 4) is 0 Å². The average molecular weight is 260 g/mol. The van der Waals surface area contributed by atoms with Crippen molar-refractivity contribution in [1.29, 1.82) is 0 Å². The van der Waals surface area contributed by atoms with E-state index in [9.17, 15) is 13.6 Å². The molecule has 0 aliphatic carbocycles. The van der Waals surface area contributed by atoms with Gasteiger partial charge >= 0.3 is 0 Å². The van der Waals surface area contributed by atoms with Gasteiger partial charge in [-0.15, -0.1) is 11.3 Å². The maximum absolute atomic E-state index is 11.9. The minimum Gasteiger partial charge on any atom is -0.346 e. The van der Waals surface area contributed by atoms with Crippen molar-refractivity contribution in [2.45, 2.75) is 25.3 Å². The molecule has 0 spiro atoms. The monoisotopic (exact) mass is 260 g/mol. The molecule has 1 saturated heterocycles. The highest BCUT2D eigenvalue weighted by molar-refractivity contribution is 7.14. The zero-order valence-electron chi connectivity index (χ0n) is 9.21. The van der Waals surface area contributed by atoms with Gasteiger partial charge in [0.05, 0.1) is 11.4 Å². The molecule has 0 bridgehead atoms. The van der Waals surface area contributed by atoms with Crippen molar-refractivity contribution in [1.82, 2.24) is 10.6 Å². The quantitative estimate of drug-likeness (QED) is 0.871. The molecule has 6 heteroatoms. The molecule has 1 aliphatic heterocycles. The molecule has 1 unspecified atom stereocenters. The highest BCUT2D eigenvalue weighted by Crippen LogP contribution is 2.29. The molecule has 1 atom stereocenters. The number of alkyl halides is 2. The van der Waals surface area contributed by atoms with Gasteiger partial charge in [0, 0.05) is 10.9 Å². The van der Waals surface area contributed by atoms with Crippen molar-refractivity contribution in [3.05, 3.63) is 21.9 Å². The van der Waals surface area contributed by atoms with E-state index in [-0.39, 0.29) is 0 Å². The predicted molar refractivity (Wildman–Crippen MR) is 62.6 cm³/mol. The molecule has 2 heterocycles. The molecule has 1 aromatic heterocycles. The predicted octanol–water partition coefficient (Wildman–Crippen LogP) is 2.17. The molecular formula is C11H14F2N2OS. The van der Waals surface area contributed by atoms with Crippen molar-refractivity contribution in [2.24, 2.45) is 0 Å². The standard InChI is InChI=1S/C11H14F2N2OS/c12-10(13)6-15-11(16)9-4-3-8(17-9)7-2-1-5-14-7/h3-4,7,10,14H,1-2,5-6H2,(H,15,16). The van der Waals surface area contributed by atoms with E-state index >= 15 is 0 Å². The molecule has 3 nitrogen and oxygen atoms in total. The minimum absolute atomic E-state index is 0.316. The van der Waals surface area contributed by atoms with Crippen molar-refractivity contribution < 1.29 is 13.6 Å².